The first kappa shape index (κ1) is 18.2. The van der Waals surface area contributed by atoms with E-state index in [1.807, 2.05) is 0 Å². The number of carboxylic acids is 2. The van der Waals surface area contributed by atoms with Gasteiger partial charge in [-0.1, -0.05) is 6.07 Å². The second-order valence-electron chi connectivity index (χ2n) is 5.51. The van der Waals surface area contributed by atoms with Gasteiger partial charge in [-0.05, 0) is 18.2 Å². The van der Waals surface area contributed by atoms with E-state index in [9.17, 15) is 19.2 Å². The highest BCUT2D eigenvalue weighted by atomic mass is 16.5. The fourth-order valence-electron chi connectivity index (χ4n) is 2.64. The molecule has 1 aliphatic rings. The van der Waals surface area contributed by atoms with Crippen LogP contribution in [0.25, 0.3) is 0 Å². The number of rotatable bonds is 6. The minimum absolute atomic E-state index is 0.212. The Hall–Kier alpha value is -3.14. The summed E-state index contributed by atoms with van der Waals surface area (Å²) < 4.78 is 4.98. The number of hydrogen-bond donors (Lipinski definition) is 5. The third-order valence-corrected chi connectivity index (χ3v) is 3.99. The van der Waals surface area contributed by atoms with Gasteiger partial charge in [0.1, 0.15) is 11.8 Å². The summed E-state index contributed by atoms with van der Waals surface area (Å²) in [5.74, 6) is -7.10. The van der Waals surface area contributed by atoms with Crippen LogP contribution in [0.1, 0.15) is 10.4 Å². The molecule has 0 saturated heterocycles. The number of carbonyl (C=O) groups excluding carboxylic acids is 2. The first-order valence-corrected chi connectivity index (χ1v) is 7.23. The zero-order valence-electron chi connectivity index (χ0n) is 13.1. The molecule has 1 fully saturated rings. The maximum atomic E-state index is 12.1. The van der Waals surface area contributed by atoms with Crippen molar-refractivity contribution in [1.82, 2.24) is 10.9 Å². The minimum atomic E-state index is -1.48. The summed E-state index contributed by atoms with van der Waals surface area (Å²) >= 11 is 0. The average molecular weight is 351 g/mol. The molecule has 1 aliphatic carbocycles. The molecule has 0 aromatic heterocycles. The van der Waals surface area contributed by atoms with Crippen molar-refractivity contribution in [2.24, 2.45) is 23.5 Å². The van der Waals surface area contributed by atoms with Crippen LogP contribution < -0.4 is 21.3 Å². The summed E-state index contributed by atoms with van der Waals surface area (Å²) in [7, 11) is 1.43. The van der Waals surface area contributed by atoms with Crippen LogP contribution in [0.15, 0.2) is 24.3 Å². The van der Waals surface area contributed by atoms with Gasteiger partial charge in [0.05, 0.1) is 18.9 Å². The van der Waals surface area contributed by atoms with Crippen LogP contribution in [0.4, 0.5) is 0 Å². The van der Waals surface area contributed by atoms with Gasteiger partial charge >= 0.3 is 11.9 Å². The zero-order valence-corrected chi connectivity index (χ0v) is 13.1. The minimum Gasteiger partial charge on any atom is -0.497 e. The molecule has 6 N–H and O–H groups in total. The first-order chi connectivity index (χ1) is 11.8. The molecule has 1 aromatic carbocycles. The van der Waals surface area contributed by atoms with Crippen molar-refractivity contribution in [2.75, 3.05) is 7.11 Å². The molecule has 4 atom stereocenters. The predicted octanol–water partition coefficient (Wildman–Crippen LogP) is -1.19. The van der Waals surface area contributed by atoms with Crippen LogP contribution in [0.3, 0.4) is 0 Å². The van der Waals surface area contributed by atoms with Gasteiger partial charge in [-0.3, -0.25) is 30.0 Å². The lowest BCUT2D eigenvalue weighted by molar-refractivity contribution is -0.141. The second-order valence-corrected chi connectivity index (χ2v) is 5.51. The number of ether oxygens (including phenoxy) is 1. The molecule has 25 heavy (non-hydrogen) atoms. The van der Waals surface area contributed by atoms with E-state index < -0.39 is 47.5 Å². The molecule has 2 rings (SSSR count). The Kier molecular flexibility index (Phi) is 5.22. The Labute approximate surface area is 141 Å². The van der Waals surface area contributed by atoms with Gasteiger partial charge in [0.2, 0.25) is 5.91 Å². The lowest BCUT2D eigenvalue weighted by Gasteiger charge is -2.09. The number of methoxy groups -OCH3 is 1. The molecule has 0 spiro atoms. The maximum Gasteiger partial charge on any atom is 0.320 e. The van der Waals surface area contributed by atoms with Gasteiger partial charge in [0.15, 0.2) is 0 Å². The number of carbonyl (C=O) groups is 4. The lowest BCUT2D eigenvalue weighted by atomic mass is 10.1. The third-order valence-electron chi connectivity index (χ3n) is 3.99. The summed E-state index contributed by atoms with van der Waals surface area (Å²) in [6.45, 7) is 0. The van der Waals surface area contributed by atoms with Gasteiger partial charge in [0, 0.05) is 11.5 Å². The lowest BCUT2D eigenvalue weighted by Crippen LogP contribution is -2.43. The highest BCUT2D eigenvalue weighted by molar-refractivity contribution is 5.97. The SMILES string of the molecule is COc1cccc(C(=O)NNC(=O)C2C(C(=O)O)C2C(N)C(=O)O)c1. The standard InChI is InChI=1S/C15H17N3O7/c1-25-7-4-2-3-6(5-7)12(19)17-18-13(20)9-8(10(9)14(21)22)11(16)15(23)24/h2-5,8-11H,16H2,1H3,(H,17,19)(H,18,20)(H,21,22)(H,23,24). The van der Waals surface area contributed by atoms with Crippen LogP contribution in [0.2, 0.25) is 0 Å². The van der Waals surface area contributed by atoms with E-state index in [0.717, 1.165) is 0 Å². The summed E-state index contributed by atoms with van der Waals surface area (Å²) in [5.41, 5.74) is 9.87. The number of benzene rings is 1. The largest absolute Gasteiger partial charge is 0.497 e. The summed E-state index contributed by atoms with van der Waals surface area (Å²) in [6, 6.07) is 4.67. The number of carboxylic acid groups (broad SMARTS) is 2. The summed E-state index contributed by atoms with van der Waals surface area (Å²) in [6.07, 6.45) is 0. The average Bonchev–Trinajstić information content (AvgIpc) is 3.34. The van der Waals surface area contributed by atoms with E-state index in [1.165, 1.54) is 19.2 Å². The second kappa shape index (κ2) is 7.18. The molecular formula is C15H17N3O7. The molecule has 1 saturated carbocycles. The van der Waals surface area contributed by atoms with Crippen LogP contribution in [0, 0.1) is 17.8 Å². The Balaban J connectivity index is 1.98. The molecule has 134 valence electrons. The topological polar surface area (TPSA) is 168 Å². The van der Waals surface area contributed by atoms with Crippen molar-refractivity contribution in [2.45, 2.75) is 6.04 Å². The predicted molar refractivity (Wildman–Crippen MR) is 82.3 cm³/mol. The summed E-state index contributed by atoms with van der Waals surface area (Å²) in [4.78, 5) is 46.0. The van der Waals surface area contributed by atoms with Crippen LogP contribution >= 0.6 is 0 Å². The Morgan fingerprint density at radius 3 is 2.40 bits per heavy atom. The van der Waals surface area contributed by atoms with E-state index in [0.29, 0.717) is 5.75 Å². The van der Waals surface area contributed by atoms with Crippen molar-refractivity contribution >= 4 is 23.8 Å². The third kappa shape index (κ3) is 3.86. The Bertz CT molecular complexity index is 721. The van der Waals surface area contributed by atoms with Gasteiger partial charge < -0.3 is 20.7 Å². The Morgan fingerprint density at radius 2 is 1.84 bits per heavy atom. The van der Waals surface area contributed by atoms with Crippen molar-refractivity contribution in [3.8, 4) is 5.75 Å². The monoisotopic (exact) mass is 351 g/mol. The van der Waals surface area contributed by atoms with Crippen molar-refractivity contribution < 1.29 is 34.1 Å². The number of nitrogens with one attached hydrogen (secondary N) is 2. The molecule has 0 bridgehead atoms. The highest BCUT2D eigenvalue weighted by Crippen LogP contribution is 2.48. The number of amides is 2. The van der Waals surface area contributed by atoms with E-state index >= 15 is 0 Å². The van der Waals surface area contributed by atoms with Gasteiger partial charge in [-0.25, -0.2) is 0 Å². The van der Waals surface area contributed by atoms with E-state index in [4.69, 9.17) is 20.7 Å². The molecule has 0 aliphatic heterocycles. The van der Waals surface area contributed by atoms with Gasteiger partial charge in [0.25, 0.3) is 5.91 Å². The molecule has 10 nitrogen and oxygen atoms in total. The molecule has 4 unspecified atom stereocenters. The van der Waals surface area contributed by atoms with E-state index in [2.05, 4.69) is 10.9 Å². The molecule has 1 aromatic rings. The normalized spacial score (nSPS) is 22.4. The molecule has 0 heterocycles. The zero-order chi connectivity index (χ0) is 18.7. The smallest absolute Gasteiger partial charge is 0.320 e. The highest BCUT2D eigenvalue weighted by Gasteiger charge is 2.63. The Morgan fingerprint density at radius 1 is 1.16 bits per heavy atom. The summed E-state index contributed by atoms with van der Waals surface area (Å²) in [5, 5.41) is 17.9. The van der Waals surface area contributed by atoms with Gasteiger partial charge in [-0.2, -0.15) is 0 Å². The van der Waals surface area contributed by atoms with E-state index in [1.54, 1.807) is 12.1 Å². The number of hydrazine groups is 1. The quantitative estimate of drug-likeness (QED) is 0.399. The van der Waals surface area contributed by atoms with Crippen molar-refractivity contribution in [3.63, 3.8) is 0 Å². The van der Waals surface area contributed by atoms with Crippen molar-refractivity contribution in [3.05, 3.63) is 29.8 Å². The fraction of sp³-hybridized carbons (Fsp3) is 0.333. The number of nitrogens with two attached hydrogens (primary N) is 1. The van der Waals surface area contributed by atoms with Gasteiger partial charge in [-0.15, -0.1) is 0 Å². The van der Waals surface area contributed by atoms with Crippen LogP contribution in [0.5, 0.6) is 5.75 Å². The molecular weight excluding hydrogens is 334 g/mol. The van der Waals surface area contributed by atoms with Crippen LogP contribution in [-0.2, 0) is 14.4 Å². The first-order valence-electron chi connectivity index (χ1n) is 7.23. The van der Waals surface area contributed by atoms with Crippen LogP contribution in [-0.4, -0.2) is 47.1 Å². The number of aliphatic carboxylic acids is 2. The maximum absolute atomic E-state index is 12.1. The van der Waals surface area contributed by atoms with Crippen molar-refractivity contribution in [1.29, 1.82) is 0 Å². The van der Waals surface area contributed by atoms with E-state index in [-0.39, 0.29) is 5.56 Å². The number of hydrogen-bond acceptors (Lipinski definition) is 6. The molecule has 2 amide bonds. The molecule has 0 radical (unpaired) electrons. The molecule has 10 heteroatoms. The fourth-order valence-corrected chi connectivity index (χ4v) is 2.64.